The molecule has 1 aliphatic heterocycles. The summed E-state index contributed by atoms with van der Waals surface area (Å²) in [6, 6.07) is 7.77. The summed E-state index contributed by atoms with van der Waals surface area (Å²) in [6.45, 7) is 8.66. The highest BCUT2D eigenvalue weighted by Crippen LogP contribution is 2.14. The van der Waals surface area contributed by atoms with Gasteiger partial charge in [0.05, 0.1) is 24.1 Å². The number of para-hydroxylation sites is 1. The molecule has 0 bridgehead atoms. The summed E-state index contributed by atoms with van der Waals surface area (Å²) in [6.07, 6.45) is 0. The molecule has 2 heterocycles. The third-order valence-corrected chi connectivity index (χ3v) is 4.38. The van der Waals surface area contributed by atoms with Crippen LogP contribution in [0.25, 0.3) is 10.9 Å². The molecule has 1 aromatic carbocycles. The van der Waals surface area contributed by atoms with Gasteiger partial charge in [-0.05, 0) is 18.1 Å². The van der Waals surface area contributed by atoms with Crippen LogP contribution in [0.5, 0.6) is 0 Å². The van der Waals surface area contributed by atoms with Crippen molar-refractivity contribution in [1.82, 2.24) is 14.9 Å². The number of ether oxygens (including phenoxy) is 1. The molecule has 3 rings (SSSR count). The molecule has 0 saturated carbocycles. The molecular formula is C17H24N4O2. The van der Waals surface area contributed by atoms with E-state index in [1.807, 2.05) is 18.2 Å². The van der Waals surface area contributed by atoms with Crippen LogP contribution >= 0.6 is 0 Å². The van der Waals surface area contributed by atoms with Crippen molar-refractivity contribution in [2.75, 3.05) is 38.2 Å². The van der Waals surface area contributed by atoms with Gasteiger partial charge in [-0.1, -0.05) is 26.0 Å². The largest absolute Gasteiger partial charge is 0.379 e. The number of anilines is 1. The number of rotatable bonds is 5. The molecule has 1 saturated heterocycles. The minimum Gasteiger partial charge on any atom is -0.379 e. The second-order valence-electron chi connectivity index (χ2n) is 6.27. The zero-order chi connectivity index (χ0) is 16.2. The molecule has 0 spiro atoms. The maximum atomic E-state index is 12.1. The van der Waals surface area contributed by atoms with Crippen LogP contribution in [-0.4, -0.2) is 53.8 Å². The van der Waals surface area contributed by atoms with Gasteiger partial charge in [0.25, 0.3) is 5.56 Å². The summed E-state index contributed by atoms with van der Waals surface area (Å²) in [5.74, 6) is 1.04. The minimum atomic E-state index is -0.106. The molecular weight excluding hydrogens is 292 g/mol. The highest BCUT2D eigenvalue weighted by molar-refractivity contribution is 5.78. The van der Waals surface area contributed by atoms with Crippen LogP contribution in [-0.2, 0) is 4.74 Å². The highest BCUT2D eigenvalue weighted by Gasteiger charge is 2.23. The van der Waals surface area contributed by atoms with E-state index in [-0.39, 0.29) is 5.56 Å². The van der Waals surface area contributed by atoms with E-state index >= 15 is 0 Å². The molecule has 1 aromatic heterocycles. The van der Waals surface area contributed by atoms with Crippen molar-refractivity contribution < 1.29 is 4.74 Å². The molecule has 6 nitrogen and oxygen atoms in total. The van der Waals surface area contributed by atoms with E-state index in [2.05, 4.69) is 34.0 Å². The Balaban J connectivity index is 1.74. The number of fused-ring (bicyclic) bond motifs is 1. The Bertz CT molecular complexity index is 707. The van der Waals surface area contributed by atoms with E-state index in [1.165, 1.54) is 0 Å². The van der Waals surface area contributed by atoms with Crippen LogP contribution in [0.15, 0.2) is 29.1 Å². The first-order valence-electron chi connectivity index (χ1n) is 8.20. The van der Waals surface area contributed by atoms with Gasteiger partial charge < -0.3 is 10.1 Å². The highest BCUT2D eigenvalue weighted by atomic mass is 16.5. The van der Waals surface area contributed by atoms with Crippen molar-refractivity contribution in [3.63, 3.8) is 0 Å². The molecule has 23 heavy (non-hydrogen) atoms. The number of nitrogens with one attached hydrogen (secondary N) is 2. The van der Waals surface area contributed by atoms with Crippen LogP contribution in [0.3, 0.4) is 0 Å². The first kappa shape index (κ1) is 16.0. The van der Waals surface area contributed by atoms with Crippen molar-refractivity contribution in [1.29, 1.82) is 0 Å². The minimum absolute atomic E-state index is 0.106. The molecule has 0 amide bonds. The Morgan fingerprint density at radius 2 is 2.04 bits per heavy atom. The molecule has 6 heteroatoms. The summed E-state index contributed by atoms with van der Waals surface area (Å²) in [7, 11) is 0. The van der Waals surface area contributed by atoms with E-state index in [4.69, 9.17) is 4.74 Å². The van der Waals surface area contributed by atoms with Crippen molar-refractivity contribution in [2.45, 2.75) is 19.9 Å². The summed E-state index contributed by atoms with van der Waals surface area (Å²) >= 11 is 0. The van der Waals surface area contributed by atoms with Crippen LogP contribution in [0.1, 0.15) is 13.8 Å². The Morgan fingerprint density at radius 3 is 2.78 bits per heavy atom. The molecule has 0 aliphatic carbocycles. The van der Waals surface area contributed by atoms with Crippen molar-refractivity contribution in [3.05, 3.63) is 34.6 Å². The van der Waals surface area contributed by atoms with Gasteiger partial charge in [-0.3, -0.25) is 14.7 Å². The lowest BCUT2D eigenvalue weighted by atomic mass is 10.0. The number of morpholine rings is 1. The molecule has 2 aromatic rings. The fraction of sp³-hybridized carbons (Fsp3) is 0.529. The molecule has 1 fully saturated rings. The second kappa shape index (κ2) is 7.10. The van der Waals surface area contributed by atoms with Crippen molar-refractivity contribution in [2.24, 2.45) is 5.92 Å². The summed E-state index contributed by atoms with van der Waals surface area (Å²) < 4.78 is 5.43. The number of hydrogen-bond donors (Lipinski definition) is 2. The number of aromatic amines is 1. The van der Waals surface area contributed by atoms with Gasteiger partial charge in [0.1, 0.15) is 0 Å². The van der Waals surface area contributed by atoms with Gasteiger partial charge in [0.2, 0.25) is 5.95 Å². The molecule has 0 radical (unpaired) electrons. The van der Waals surface area contributed by atoms with E-state index in [1.54, 1.807) is 6.07 Å². The molecule has 1 atom stereocenters. The monoisotopic (exact) mass is 316 g/mol. The van der Waals surface area contributed by atoms with E-state index in [0.717, 1.165) is 32.8 Å². The van der Waals surface area contributed by atoms with E-state index < -0.39 is 0 Å². The second-order valence-corrected chi connectivity index (χ2v) is 6.27. The maximum absolute atomic E-state index is 12.1. The van der Waals surface area contributed by atoms with Gasteiger partial charge in [0.15, 0.2) is 0 Å². The quantitative estimate of drug-likeness (QED) is 0.878. The first-order chi connectivity index (χ1) is 11.1. The SMILES string of the molecule is CC(C)[C@@H](CNc1nc2ccccc2c(=O)[nH]1)N1CCOCC1. The lowest BCUT2D eigenvalue weighted by molar-refractivity contribution is 0.00951. The average molecular weight is 316 g/mol. The maximum Gasteiger partial charge on any atom is 0.260 e. The van der Waals surface area contributed by atoms with Crippen LogP contribution in [0.4, 0.5) is 5.95 Å². The number of H-pyrrole nitrogens is 1. The Kier molecular flexibility index (Phi) is 4.93. The predicted octanol–water partition coefficient (Wildman–Crippen LogP) is 1.69. The topological polar surface area (TPSA) is 70.2 Å². The lowest BCUT2D eigenvalue weighted by Gasteiger charge is -2.36. The van der Waals surface area contributed by atoms with Crippen molar-refractivity contribution >= 4 is 16.9 Å². The first-order valence-corrected chi connectivity index (χ1v) is 8.20. The fourth-order valence-electron chi connectivity index (χ4n) is 3.07. The Morgan fingerprint density at radius 1 is 1.30 bits per heavy atom. The summed E-state index contributed by atoms with van der Waals surface area (Å²) in [5.41, 5.74) is 0.608. The summed E-state index contributed by atoms with van der Waals surface area (Å²) in [4.78, 5) is 21.9. The standard InChI is InChI=1S/C17H24N4O2/c1-12(2)15(21-7-9-23-10-8-21)11-18-17-19-14-6-4-3-5-13(14)16(22)20-17/h3-6,12,15H,7-11H2,1-2H3,(H2,18,19,20,22)/t15-/m1/s1. The van der Waals surface area contributed by atoms with Gasteiger partial charge in [-0.25, -0.2) is 4.98 Å². The average Bonchev–Trinajstić information content (AvgIpc) is 2.56. The zero-order valence-corrected chi connectivity index (χ0v) is 13.7. The fourth-order valence-corrected chi connectivity index (χ4v) is 3.07. The number of benzene rings is 1. The van der Waals surface area contributed by atoms with Gasteiger partial charge in [0, 0.05) is 25.7 Å². The van der Waals surface area contributed by atoms with Crippen LogP contribution < -0.4 is 10.9 Å². The molecule has 1 aliphatic rings. The van der Waals surface area contributed by atoms with Gasteiger partial charge in [-0.15, -0.1) is 0 Å². The van der Waals surface area contributed by atoms with Crippen LogP contribution in [0, 0.1) is 5.92 Å². The third kappa shape index (κ3) is 3.71. The molecule has 124 valence electrons. The molecule has 2 N–H and O–H groups in total. The number of aromatic nitrogens is 2. The van der Waals surface area contributed by atoms with E-state index in [9.17, 15) is 4.79 Å². The number of hydrogen-bond acceptors (Lipinski definition) is 5. The van der Waals surface area contributed by atoms with Gasteiger partial charge >= 0.3 is 0 Å². The van der Waals surface area contributed by atoms with E-state index in [0.29, 0.717) is 28.8 Å². The van der Waals surface area contributed by atoms with Crippen molar-refractivity contribution in [3.8, 4) is 0 Å². The predicted molar refractivity (Wildman–Crippen MR) is 91.9 cm³/mol. The molecule has 0 unspecified atom stereocenters. The smallest absolute Gasteiger partial charge is 0.260 e. The normalized spacial score (nSPS) is 17.5. The summed E-state index contributed by atoms with van der Waals surface area (Å²) in [5, 5.41) is 3.92. The zero-order valence-electron chi connectivity index (χ0n) is 13.7. The van der Waals surface area contributed by atoms with Crippen LogP contribution in [0.2, 0.25) is 0 Å². The van der Waals surface area contributed by atoms with Gasteiger partial charge in [-0.2, -0.15) is 0 Å². The third-order valence-electron chi connectivity index (χ3n) is 4.38. The lowest BCUT2D eigenvalue weighted by Crippen LogP contribution is -2.49. The Labute approximate surface area is 135 Å². The number of nitrogens with zero attached hydrogens (tertiary/aromatic N) is 2. The Hall–Kier alpha value is -1.92.